The van der Waals surface area contributed by atoms with Crippen LogP contribution < -0.4 is 15.8 Å². The number of dihydropyridines is 1. The zero-order chi connectivity index (χ0) is 13.2. The third kappa shape index (κ3) is 2.10. The van der Waals surface area contributed by atoms with Gasteiger partial charge in [-0.3, -0.25) is 0 Å². The fraction of sp³-hybridized carbons (Fsp3) is 0.0625. The molecule has 0 atom stereocenters. The Morgan fingerprint density at radius 1 is 1.16 bits per heavy atom. The first-order chi connectivity index (χ1) is 9.28. The molecule has 3 heteroatoms. The number of fused-ring (bicyclic) bond motifs is 2. The highest BCUT2D eigenvalue weighted by Crippen LogP contribution is 2.13. The van der Waals surface area contributed by atoms with Crippen LogP contribution in [0.3, 0.4) is 0 Å². The third-order valence-electron chi connectivity index (χ3n) is 3.17. The van der Waals surface area contributed by atoms with Crippen LogP contribution in [0.2, 0.25) is 0 Å². The van der Waals surface area contributed by atoms with E-state index in [4.69, 9.17) is 4.74 Å². The van der Waals surface area contributed by atoms with E-state index in [0.29, 0.717) is 5.56 Å². The predicted molar refractivity (Wildman–Crippen MR) is 74.4 cm³/mol. The number of esters is 1. The van der Waals surface area contributed by atoms with E-state index in [0.717, 1.165) is 21.7 Å². The van der Waals surface area contributed by atoms with Gasteiger partial charge in [0.15, 0.2) is 0 Å². The van der Waals surface area contributed by atoms with E-state index in [1.807, 2.05) is 36.6 Å². The lowest BCUT2D eigenvalue weighted by molar-refractivity contribution is 0.0600. The highest BCUT2D eigenvalue weighted by molar-refractivity contribution is 5.89. The van der Waals surface area contributed by atoms with Gasteiger partial charge < -0.3 is 10.1 Å². The van der Waals surface area contributed by atoms with E-state index in [9.17, 15) is 4.79 Å². The average molecular weight is 251 g/mol. The monoisotopic (exact) mass is 251 g/mol. The minimum atomic E-state index is -0.315. The number of allylic oxidation sites excluding steroid dienone is 4. The van der Waals surface area contributed by atoms with E-state index in [2.05, 4.69) is 17.5 Å². The summed E-state index contributed by atoms with van der Waals surface area (Å²) in [5.41, 5.74) is 2.75. The summed E-state index contributed by atoms with van der Waals surface area (Å²) in [6, 6.07) is 5.57. The number of benzene rings is 1. The zero-order valence-electron chi connectivity index (χ0n) is 10.5. The molecule has 3 rings (SSSR count). The van der Waals surface area contributed by atoms with Crippen molar-refractivity contribution in [3.8, 4) is 0 Å². The van der Waals surface area contributed by atoms with Crippen LogP contribution in [0.25, 0.3) is 12.2 Å². The molecule has 1 aliphatic heterocycles. The Balaban J connectivity index is 2.18. The number of methoxy groups -OCH3 is 1. The molecule has 1 aliphatic carbocycles. The maximum atomic E-state index is 11.5. The molecule has 1 aromatic carbocycles. The molecule has 0 saturated heterocycles. The normalized spacial score (nSPS) is 15.4. The number of carbonyl (C=O) groups is 1. The fourth-order valence-electron chi connectivity index (χ4n) is 2.17. The molecule has 0 aromatic heterocycles. The van der Waals surface area contributed by atoms with Crippen LogP contribution in [0, 0.1) is 0 Å². The maximum absolute atomic E-state index is 11.5. The van der Waals surface area contributed by atoms with Gasteiger partial charge in [0, 0.05) is 11.9 Å². The van der Waals surface area contributed by atoms with Crippen molar-refractivity contribution < 1.29 is 9.53 Å². The Kier molecular flexibility index (Phi) is 2.80. The third-order valence-corrected chi connectivity index (χ3v) is 3.17. The van der Waals surface area contributed by atoms with Gasteiger partial charge in [0.1, 0.15) is 0 Å². The van der Waals surface area contributed by atoms with Gasteiger partial charge in [0.25, 0.3) is 0 Å². The molecular weight excluding hydrogens is 238 g/mol. The van der Waals surface area contributed by atoms with Crippen LogP contribution in [0.4, 0.5) is 0 Å². The molecule has 0 unspecified atom stereocenters. The standard InChI is InChI=1S/C16H13NO2/c1-19-16(18)14-5-4-11-9-13-3-2-8-17-15(13)7-6-12(11)10-14/h2-10,17H,1H3. The smallest absolute Gasteiger partial charge is 0.337 e. The molecule has 1 heterocycles. The van der Waals surface area contributed by atoms with Gasteiger partial charge in [-0.25, -0.2) is 4.79 Å². The van der Waals surface area contributed by atoms with E-state index in [-0.39, 0.29) is 5.97 Å². The van der Waals surface area contributed by atoms with E-state index >= 15 is 0 Å². The number of rotatable bonds is 1. The summed E-state index contributed by atoms with van der Waals surface area (Å²) in [5.74, 6) is -0.315. The number of nitrogens with one attached hydrogen (secondary N) is 1. The summed E-state index contributed by atoms with van der Waals surface area (Å²) in [7, 11) is 1.39. The van der Waals surface area contributed by atoms with Gasteiger partial charge in [0.2, 0.25) is 0 Å². The molecule has 0 bridgehead atoms. The summed E-state index contributed by atoms with van der Waals surface area (Å²) >= 11 is 0. The lowest BCUT2D eigenvalue weighted by Crippen LogP contribution is -2.25. The van der Waals surface area contributed by atoms with Gasteiger partial charge in [0.05, 0.1) is 12.7 Å². The van der Waals surface area contributed by atoms with Crippen LogP contribution in [-0.4, -0.2) is 13.1 Å². The SMILES string of the molecule is COC(=O)c1ccc2c(c1)=CC=C1NC=CC=C1C=2. The van der Waals surface area contributed by atoms with Crippen molar-refractivity contribution >= 4 is 18.1 Å². The van der Waals surface area contributed by atoms with Crippen LogP contribution in [0.5, 0.6) is 0 Å². The molecule has 94 valence electrons. The van der Waals surface area contributed by atoms with Crippen LogP contribution in [-0.2, 0) is 4.74 Å². The Morgan fingerprint density at radius 2 is 2.05 bits per heavy atom. The minimum absolute atomic E-state index is 0.315. The first-order valence-electron chi connectivity index (χ1n) is 6.04. The van der Waals surface area contributed by atoms with Crippen molar-refractivity contribution in [3.05, 3.63) is 69.9 Å². The second-order valence-electron chi connectivity index (χ2n) is 4.35. The molecule has 0 saturated carbocycles. The van der Waals surface area contributed by atoms with Crippen LogP contribution >= 0.6 is 0 Å². The van der Waals surface area contributed by atoms with E-state index < -0.39 is 0 Å². The highest BCUT2D eigenvalue weighted by Gasteiger charge is 2.08. The van der Waals surface area contributed by atoms with Gasteiger partial charge in [-0.05, 0) is 46.4 Å². The summed E-state index contributed by atoms with van der Waals surface area (Å²) in [6.07, 6.45) is 12.0. The van der Waals surface area contributed by atoms with Gasteiger partial charge in [-0.15, -0.1) is 0 Å². The van der Waals surface area contributed by atoms with Gasteiger partial charge >= 0.3 is 5.97 Å². The van der Waals surface area contributed by atoms with Gasteiger partial charge in [-0.1, -0.05) is 18.2 Å². The van der Waals surface area contributed by atoms with E-state index in [1.54, 1.807) is 6.07 Å². The second kappa shape index (κ2) is 4.61. The topological polar surface area (TPSA) is 38.3 Å². The summed E-state index contributed by atoms with van der Waals surface area (Å²) in [5, 5.41) is 5.29. The Hall–Kier alpha value is -2.55. The van der Waals surface area contributed by atoms with E-state index in [1.165, 1.54) is 7.11 Å². The van der Waals surface area contributed by atoms with Crippen LogP contribution in [0.15, 0.2) is 53.9 Å². The molecule has 19 heavy (non-hydrogen) atoms. The van der Waals surface area contributed by atoms with Crippen molar-refractivity contribution in [2.75, 3.05) is 7.11 Å². The molecule has 3 nitrogen and oxygen atoms in total. The predicted octanol–water partition coefficient (Wildman–Crippen LogP) is 0.975. The fourth-order valence-corrected chi connectivity index (χ4v) is 2.17. The number of hydrogen-bond donors (Lipinski definition) is 1. The molecular formula is C16H13NO2. The first kappa shape index (κ1) is 11.5. The maximum Gasteiger partial charge on any atom is 0.337 e. The molecule has 0 spiro atoms. The van der Waals surface area contributed by atoms with Gasteiger partial charge in [-0.2, -0.15) is 0 Å². The lowest BCUT2D eigenvalue weighted by Gasteiger charge is -2.10. The quantitative estimate of drug-likeness (QED) is 0.756. The largest absolute Gasteiger partial charge is 0.465 e. The molecule has 1 N–H and O–H groups in total. The molecule has 1 aromatic rings. The van der Waals surface area contributed by atoms with Crippen molar-refractivity contribution in [3.63, 3.8) is 0 Å². The number of hydrogen-bond acceptors (Lipinski definition) is 3. The number of ether oxygens (including phenoxy) is 1. The summed E-state index contributed by atoms with van der Waals surface area (Å²) < 4.78 is 4.74. The second-order valence-corrected chi connectivity index (χ2v) is 4.35. The van der Waals surface area contributed by atoms with Crippen molar-refractivity contribution in [2.24, 2.45) is 0 Å². The van der Waals surface area contributed by atoms with Crippen molar-refractivity contribution in [1.82, 2.24) is 5.32 Å². The van der Waals surface area contributed by atoms with Crippen molar-refractivity contribution in [1.29, 1.82) is 0 Å². The molecule has 0 amide bonds. The number of carbonyl (C=O) groups excluding carboxylic acids is 1. The molecule has 0 fully saturated rings. The Bertz CT molecular complexity index is 751. The highest BCUT2D eigenvalue weighted by atomic mass is 16.5. The Labute approximate surface area is 110 Å². The molecule has 2 aliphatic rings. The van der Waals surface area contributed by atoms with Crippen molar-refractivity contribution in [2.45, 2.75) is 0 Å². The Morgan fingerprint density at radius 3 is 2.89 bits per heavy atom. The zero-order valence-corrected chi connectivity index (χ0v) is 10.5. The molecule has 0 radical (unpaired) electrons. The average Bonchev–Trinajstić information content (AvgIpc) is 2.64. The minimum Gasteiger partial charge on any atom is -0.465 e. The summed E-state index contributed by atoms with van der Waals surface area (Å²) in [6.45, 7) is 0. The van der Waals surface area contributed by atoms with Crippen LogP contribution in [0.1, 0.15) is 10.4 Å². The first-order valence-corrected chi connectivity index (χ1v) is 6.04. The summed E-state index contributed by atoms with van der Waals surface area (Å²) in [4.78, 5) is 11.5. The lowest BCUT2D eigenvalue weighted by atomic mass is 10.1.